The van der Waals surface area contributed by atoms with Gasteiger partial charge in [0.25, 0.3) is 0 Å². The SMILES string of the molecule is N=C1/C(=N\Nc2ccccc2)C=Cc2ccc3ccc(-c4nc(-c5cccc(-c6ccccc6)c5)cc(-c5ccc6oc7ccccc7c6c5)n4)cc3c21. The summed E-state index contributed by atoms with van der Waals surface area (Å²) in [5.41, 5.74) is 15.1. The second-order valence-corrected chi connectivity index (χ2v) is 13.4. The fourth-order valence-corrected chi connectivity index (χ4v) is 7.25. The first kappa shape index (κ1) is 31.3. The van der Waals surface area contributed by atoms with Gasteiger partial charge in [0.1, 0.15) is 16.9 Å². The Kier molecular flexibility index (Phi) is 7.51. The highest BCUT2D eigenvalue weighted by Gasteiger charge is 2.21. The molecule has 6 nitrogen and oxygen atoms in total. The number of fused-ring (bicyclic) bond motifs is 6. The highest BCUT2D eigenvalue weighted by Crippen LogP contribution is 2.36. The zero-order chi connectivity index (χ0) is 36.0. The van der Waals surface area contributed by atoms with Crippen molar-refractivity contribution in [1.29, 1.82) is 5.41 Å². The number of hydrogen-bond donors (Lipinski definition) is 2. The monoisotopic (exact) mass is 693 g/mol. The molecule has 2 aromatic heterocycles. The predicted molar refractivity (Wildman–Crippen MR) is 222 cm³/mol. The van der Waals surface area contributed by atoms with E-state index in [1.807, 2.05) is 72.8 Å². The summed E-state index contributed by atoms with van der Waals surface area (Å²) in [6.45, 7) is 0. The summed E-state index contributed by atoms with van der Waals surface area (Å²) in [4.78, 5) is 10.4. The van der Waals surface area contributed by atoms with Crippen LogP contribution in [0.4, 0.5) is 5.69 Å². The van der Waals surface area contributed by atoms with E-state index >= 15 is 0 Å². The number of aromatic nitrogens is 2. The van der Waals surface area contributed by atoms with Gasteiger partial charge in [0.15, 0.2) is 5.82 Å². The normalized spacial score (nSPS) is 13.2. The summed E-state index contributed by atoms with van der Waals surface area (Å²) in [7, 11) is 0. The zero-order valence-corrected chi connectivity index (χ0v) is 29.0. The minimum Gasteiger partial charge on any atom is -0.456 e. The first-order valence-corrected chi connectivity index (χ1v) is 17.8. The van der Waals surface area contributed by atoms with Gasteiger partial charge in [-0.05, 0) is 88.1 Å². The quantitative estimate of drug-likeness (QED) is 0.170. The Balaban J connectivity index is 1.12. The number of allylic oxidation sites excluding steroid dienone is 1. The number of anilines is 1. The summed E-state index contributed by atoms with van der Waals surface area (Å²) >= 11 is 0. The van der Waals surface area contributed by atoms with Gasteiger partial charge < -0.3 is 4.42 Å². The molecular weight excluding hydrogens is 663 g/mol. The smallest absolute Gasteiger partial charge is 0.160 e. The molecule has 0 saturated heterocycles. The lowest BCUT2D eigenvalue weighted by Crippen LogP contribution is -2.18. The van der Waals surface area contributed by atoms with Crippen LogP contribution in [0.1, 0.15) is 11.1 Å². The van der Waals surface area contributed by atoms with E-state index in [4.69, 9.17) is 14.4 Å². The molecule has 0 radical (unpaired) electrons. The highest BCUT2D eigenvalue weighted by molar-refractivity contribution is 6.55. The number of para-hydroxylation sites is 2. The summed E-state index contributed by atoms with van der Waals surface area (Å²) < 4.78 is 6.16. The van der Waals surface area contributed by atoms with Crippen LogP contribution in [0.5, 0.6) is 0 Å². The third kappa shape index (κ3) is 5.63. The average Bonchev–Trinajstić information content (AvgIpc) is 3.62. The van der Waals surface area contributed by atoms with Crippen LogP contribution in [0.3, 0.4) is 0 Å². The van der Waals surface area contributed by atoms with Gasteiger partial charge in [-0.25, -0.2) is 9.97 Å². The molecule has 254 valence electrons. The Morgan fingerprint density at radius 3 is 2.02 bits per heavy atom. The summed E-state index contributed by atoms with van der Waals surface area (Å²) in [5.74, 6) is 0.599. The van der Waals surface area contributed by atoms with Gasteiger partial charge in [-0.2, -0.15) is 5.10 Å². The summed E-state index contributed by atoms with van der Waals surface area (Å²) in [5, 5.41) is 18.0. The Morgan fingerprint density at radius 1 is 0.500 bits per heavy atom. The molecule has 0 amide bonds. The van der Waals surface area contributed by atoms with Gasteiger partial charge in [0.05, 0.1) is 22.8 Å². The summed E-state index contributed by atoms with van der Waals surface area (Å²) in [6, 6.07) is 55.5. The van der Waals surface area contributed by atoms with Crippen LogP contribution < -0.4 is 5.43 Å². The number of nitrogens with zero attached hydrogens (tertiary/aromatic N) is 3. The first-order chi connectivity index (χ1) is 26.6. The zero-order valence-electron chi connectivity index (χ0n) is 29.0. The molecule has 7 aromatic carbocycles. The minimum absolute atomic E-state index is 0.354. The van der Waals surface area contributed by atoms with Crippen LogP contribution in [-0.2, 0) is 0 Å². The average molecular weight is 694 g/mol. The lowest BCUT2D eigenvalue weighted by atomic mass is 9.88. The Labute approximate surface area is 311 Å². The maximum atomic E-state index is 9.28. The topological polar surface area (TPSA) is 87.2 Å². The predicted octanol–water partition coefficient (Wildman–Crippen LogP) is 12.1. The lowest BCUT2D eigenvalue weighted by molar-refractivity contribution is 0.669. The van der Waals surface area contributed by atoms with E-state index in [0.717, 1.165) is 88.7 Å². The second-order valence-electron chi connectivity index (χ2n) is 13.4. The van der Waals surface area contributed by atoms with Gasteiger partial charge in [-0.1, -0.05) is 115 Å². The molecular formula is C48H31N5O. The molecule has 9 aromatic rings. The Hall–Kier alpha value is -7.44. The van der Waals surface area contributed by atoms with Crippen LogP contribution >= 0.6 is 0 Å². The first-order valence-electron chi connectivity index (χ1n) is 17.8. The van der Waals surface area contributed by atoms with Gasteiger partial charge in [0, 0.05) is 33.0 Å². The van der Waals surface area contributed by atoms with Crippen molar-refractivity contribution in [3.63, 3.8) is 0 Å². The summed E-state index contributed by atoms with van der Waals surface area (Å²) in [6.07, 6.45) is 3.91. The number of benzene rings is 7. The van der Waals surface area contributed by atoms with E-state index < -0.39 is 0 Å². The fraction of sp³-hybridized carbons (Fsp3) is 0. The van der Waals surface area contributed by atoms with Crippen molar-refractivity contribution >= 4 is 55.9 Å². The maximum absolute atomic E-state index is 9.28. The van der Waals surface area contributed by atoms with Gasteiger partial charge >= 0.3 is 0 Å². The third-order valence-electron chi connectivity index (χ3n) is 9.98. The van der Waals surface area contributed by atoms with Crippen molar-refractivity contribution in [3.8, 4) is 45.0 Å². The second kappa shape index (κ2) is 13.0. The van der Waals surface area contributed by atoms with Crippen LogP contribution in [0.15, 0.2) is 179 Å². The van der Waals surface area contributed by atoms with E-state index in [0.29, 0.717) is 17.2 Å². The molecule has 0 spiro atoms. The van der Waals surface area contributed by atoms with E-state index in [1.165, 1.54) is 0 Å². The van der Waals surface area contributed by atoms with Crippen molar-refractivity contribution in [3.05, 3.63) is 181 Å². The molecule has 1 aliphatic carbocycles. The molecule has 6 heteroatoms. The molecule has 0 unspecified atom stereocenters. The number of hydrazone groups is 1. The molecule has 0 saturated carbocycles. The van der Waals surface area contributed by atoms with Crippen LogP contribution in [0.25, 0.3) is 83.8 Å². The Morgan fingerprint density at radius 2 is 1.17 bits per heavy atom. The molecule has 1 aliphatic rings. The number of furan rings is 1. The minimum atomic E-state index is 0.354. The van der Waals surface area contributed by atoms with Crippen LogP contribution in [-0.4, -0.2) is 21.4 Å². The fourth-order valence-electron chi connectivity index (χ4n) is 7.25. The molecule has 0 atom stereocenters. The van der Waals surface area contributed by atoms with Crippen molar-refractivity contribution in [1.82, 2.24) is 9.97 Å². The van der Waals surface area contributed by atoms with E-state index in [1.54, 1.807) is 0 Å². The van der Waals surface area contributed by atoms with Gasteiger partial charge in [0.2, 0.25) is 0 Å². The molecule has 0 bridgehead atoms. The molecule has 10 rings (SSSR count). The van der Waals surface area contributed by atoms with Gasteiger partial charge in [-0.15, -0.1) is 0 Å². The van der Waals surface area contributed by atoms with E-state index in [2.05, 4.69) is 114 Å². The van der Waals surface area contributed by atoms with Crippen LogP contribution in [0, 0.1) is 5.41 Å². The van der Waals surface area contributed by atoms with Crippen molar-refractivity contribution in [2.24, 2.45) is 5.10 Å². The molecule has 2 heterocycles. The molecule has 54 heavy (non-hydrogen) atoms. The van der Waals surface area contributed by atoms with Gasteiger partial charge in [-0.3, -0.25) is 10.8 Å². The maximum Gasteiger partial charge on any atom is 0.160 e. The van der Waals surface area contributed by atoms with Crippen LogP contribution in [0.2, 0.25) is 0 Å². The van der Waals surface area contributed by atoms with E-state index in [9.17, 15) is 5.41 Å². The van der Waals surface area contributed by atoms with Crippen molar-refractivity contribution in [2.45, 2.75) is 0 Å². The number of hydrogen-bond acceptors (Lipinski definition) is 6. The molecule has 0 fully saturated rings. The largest absolute Gasteiger partial charge is 0.456 e. The van der Waals surface area contributed by atoms with E-state index in [-0.39, 0.29) is 0 Å². The third-order valence-corrected chi connectivity index (χ3v) is 9.98. The Bertz CT molecular complexity index is 2980. The van der Waals surface area contributed by atoms with Crippen molar-refractivity contribution < 1.29 is 4.42 Å². The highest BCUT2D eigenvalue weighted by atomic mass is 16.3. The molecule has 2 N–H and O–H groups in total. The van der Waals surface area contributed by atoms with Crippen molar-refractivity contribution in [2.75, 3.05) is 5.43 Å². The number of rotatable bonds is 6. The standard InChI is InChI=1S/C48H31N5O/c49-47-41(53-52-37-14-5-2-6-15-37)24-22-32-20-18-31-19-21-36(28-39(31)46(32)47)48-50-42(34-13-9-12-33(26-34)30-10-3-1-4-11-30)29-43(51-48)35-23-25-45-40(27-35)38-16-7-8-17-44(38)54-45/h1-29,49,52H/b49-47?,53-41-. The molecule has 0 aliphatic heterocycles. The lowest BCUT2D eigenvalue weighted by Gasteiger charge is -2.17. The number of nitrogens with one attached hydrogen (secondary N) is 2.